The van der Waals surface area contributed by atoms with Crippen molar-refractivity contribution in [2.75, 3.05) is 22.4 Å². The maximum Gasteiger partial charge on any atom is 0.416 e. The molecule has 28 heavy (non-hydrogen) atoms. The second kappa shape index (κ2) is 8.00. The molecule has 2 aromatic carbocycles. The molecular weight excluding hydrogens is 417 g/mol. The fraction of sp³-hybridized carbons (Fsp3) is 0.278. The summed E-state index contributed by atoms with van der Waals surface area (Å²) in [6.45, 7) is 2.94. The smallest absolute Gasteiger partial charge is 0.323 e. The Hall–Kier alpha value is -2.26. The number of amides is 1. The second-order valence-corrected chi connectivity index (χ2v) is 8.67. The predicted octanol–water partition coefficient (Wildman–Crippen LogP) is 4.38. The van der Waals surface area contributed by atoms with Crippen LogP contribution in [0.4, 0.5) is 24.5 Å². The molecule has 2 aromatic rings. The number of carbonyl (C=O) groups is 1. The molecule has 1 N–H and O–H groups in total. The number of rotatable bonds is 5. The minimum Gasteiger partial charge on any atom is -0.323 e. The van der Waals surface area contributed by atoms with Crippen molar-refractivity contribution in [3.8, 4) is 0 Å². The van der Waals surface area contributed by atoms with Gasteiger partial charge in [-0.1, -0.05) is 17.7 Å². The maximum atomic E-state index is 12.9. The number of sulfonamides is 1. The van der Waals surface area contributed by atoms with Crippen LogP contribution in [0, 0.1) is 13.8 Å². The SMILES string of the molecule is Cc1cc(C)cc(N(CC(=O)Nc2cc(C(F)(F)F)ccc2Cl)S(C)(=O)=O)c1. The van der Waals surface area contributed by atoms with E-state index < -0.39 is 34.2 Å². The van der Waals surface area contributed by atoms with E-state index in [1.54, 1.807) is 26.0 Å². The maximum absolute atomic E-state index is 12.9. The van der Waals surface area contributed by atoms with Crippen molar-refractivity contribution in [3.05, 3.63) is 58.1 Å². The lowest BCUT2D eigenvalue weighted by Crippen LogP contribution is -2.37. The van der Waals surface area contributed by atoms with Gasteiger partial charge in [-0.3, -0.25) is 9.10 Å². The molecule has 0 atom stereocenters. The van der Waals surface area contributed by atoms with Gasteiger partial charge in [0.25, 0.3) is 0 Å². The third-order valence-corrected chi connectivity index (χ3v) is 5.22. The van der Waals surface area contributed by atoms with Crippen molar-refractivity contribution in [1.29, 1.82) is 0 Å². The van der Waals surface area contributed by atoms with Gasteiger partial charge in [0.1, 0.15) is 6.54 Å². The Morgan fingerprint density at radius 3 is 2.18 bits per heavy atom. The van der Waals surface area contributed by atoms with Gasteiger partial charge in [0.15, 0.2) is 0 Å². The Morgan fingerprint density at radius 2 is 1.68 bits per heavy atom. The first-order chi connectivity index (χ1) is 12.8. The number of alkyl halides is 3. The fourth-order valence-corrected chi connectivity index (χ4v) is 3.62. The van der Waals surface area contributed by atoms with Gasteiger partial charge in [-0.25, -0.2) is 8.42 Å². The monoisotopic (exact) mass is 434 g/mol. The zero-order chi connectivity index (χ0) is 21.3. The number of hydrogen-bond acceptors (Lipinski definition) is 3. The quantitative estimate of drug-likeness (QED) is 0.759. The van der Waals surface area contributed by atoms with Crippen LogP contribution in [0.25, 0.3) is 0 Å². The van der Waals surface area contributed by atoms with Crippen LogP contribution >= 0.6 is 11.6 Å². The average Bonchev–Trinajstić information content (AvgIpc) is 2.51. The van der Waals surface area contributed by atoms with Crippen LogP contribution in [-0.4, -0.2) is 27.1 Å². The molecular formula is C18H18ClF3N2O3S. The molecule has 0 radical (unpaired) electrons. The lowest BCUT2D eigenvalue weighted by molar-refractivity contribution is -0.137. The standard InChI is InChI=1S/C18H18ClF3N2O3S/c1-11-6-12(2)8-14(7-11)24(28(3,26)27)10-17(25)23-16-9-13(18(20,21)22)4-5-15(16)19/h4-9H,10H2,1-3H3,(H,23,25). The number of benzene rings is 2. The highest BCUT2D eigenvalue weighted by Crippen LogP contribution is 2.34. The number of nitrogens with zero attached hydrogens (tertiary/aromatic N) is 1. The molecule has 0 saturated carbocycles. The third-order valence-electron chi connectivity index (χ3n) is 3.75. The normalized spacial score (nSPS) is 12.0. The molecule has 0 aliphatic rings. The van der Waals surface area contributed by atoms with Gasteiger partial charge in [0, 0.05) is 0 Å². The molecule has 0 spiro atoms. The molecule has 0 aliphatic carbocycles. The summed E-state index contributed by atoms with van der Waals surface area (Å²) in [5.41, 5.74) is 0.636. The number of hydrogen-bond donors (Lipinski definition) is 1. The summed E-state index contributed by atoms with van der Waals surface area (Å²) < 4.78 is 63.8. The van der Waals surface area contributed by atoms with Gasteiger partial charge in [-0.15, -0.1) is 0 Å². The Kier molecular flexibility index (Phi) is 6.30. The summed E-state index contributed by atoms with van der Waals surface area (Å²) in [4.78, 5) is 12.4. The average molecular weight is 435 g/mol. The van der Waals surface area contributed by atoms with E-state index in [2.05, 4.69) is 5.32 Å². The van der Waals surface area contributed by atoms with Gasteiger partial charge in [0.05, 0.1) is 28.2 Å². The zero-order valence-electron chi connectivity index (χ0n) is 15.3. The molecule has 0 saturated heterocycles. The highest BCUT2D eigenvalue weighted by molar-refractivity contribution is 7.92. The topological polar surface area (TPSA) is 66.5 Å². The second-order valence-electron chi connectivity index (χ2n) is 6.36. The van der Waals surface area contributed by atoms with E-state index in [-0.39, 0.29) is 16.4 Å². The van der Waals surface area contributed by atoms with Gasteiger partial charge in [-0.2, -0.15) is 13.2 Å². The fourth-order valence-electron chi connectivity index (χ4n) is 2.61. The zero-order valence-corrected chi connectivity index (χ0v) is 16.8. The molecule has 0 fully saturated rings. The highest BCUT2D eigenvalue weighted by Gasteiger charge is 2.31. The minimum atomic E-state index is -4.61. The molecule has 0 bridgehead atoms. The summed E-state index contributed by atoms with van der Waals surface area (Å²) in [5, 5.41) is 2.15. The Morgan fingerprint density at radius 1 is 1.11 bits per heavy atom. The first kappa shape index (κ1) is 22.0. The summed E-state index contributed by atoms with van der Waals surface area (Å²) in [6, 6.07) is 7.53. The van der Waals surface area contributed by atoms with Crippen molar-refractivity contribution >= 4 is 38.9 Å². The van der Waals surface area contributed by atoms with Gasteiger partial charge >= 0.3 is 6.18 Å². The van der Waals surface area contributed by atoms with E-state index in [0.717, 1.165) is 33.8 Å². The number of aryl methyl sites for hydroxylation is 2. The van der Waals surface area contributed by atoms with E-state index in [4.69, 9.17) is 11.6 Å². The number of halogens is 4. The summed E-state index contributed by atoms with van der Waals surface area (Å²) in [6.07, 6.45) is -3.67. The summed E-state index contributed by atoms with van der Waals surface area (Å²) >= 11 is 5.86. The van der Waals surface area contributed by atoms with E-state index >= 15 is 0 Å². The lowest BCUT2D eigenvalue weighted by atomic mass is 10.1. The summed E-state index contributed by atoms with van der Waals surface area (Å²) in [7, 11) is -3.82. The van der Waals surface area contributed by atoms with Crippen molar-refractivity contribution in [1.82, 2.24) is 0 Å². The van der Waals surface area contributed by atoms with Crippen LogP contribution in [0.15, 0.2) is 36.4 Å². The van der Waals surface area contributed by atoms with E-state index in [0.29, 0.717) is 6.07 Å². The first-order valence-corrected chi connectivity index (χ1v) is 10.2. The van der Waals surface area contributed by atoms with Crippen LogP contribution in [0.1, 0.15) is 16.7 Å². The van der Waals surface area contributed by atoms with Crippen LogP contribution in [0.2, 0.25) is 5.02 Å². The molecule has 0 aliphatic heterocycles. The molecule has 10 heteroatoms. The van der Waals surface area contributed by atoms with Crippen molar-refractivity contribution in [3.63, 3.8) is 0 Å². The Balaban J connectivity index is 2.31. The van der Waals surface area contributed by atoms with Crippen LogP contribution < -0.4 is 9.62 Å². The minimum absolute atomic E-state index is 0.0985. The Labute approximate surface area is 166 Å². The molecule has 0 heterocycles. The molecule has 1 amide bonds. The molecule has 0 aromatic heterocycles. The van der Waals surface area contributed by atoms with E-state index in [9.17, 15) is 26.4 Å². The number of nitrogens with one attached hydrogen (secondary N) is 1. The molecule has 0 unspecified atom stereocenters. The molecule has 5 nitrogen and oxygen atoms in total. The highest BCUT2D eigenvalue weighted by atomic mass is 35.5. The van der Waals surface area contributed by atoms with Crippen LogP contribution in [0.3, 0.4) is 0 Å². The van der Waals surface area contributed by atoms with Gasteiger partial charge in [-0.05, 0) is 55.3 Å². The number of carbonyl (C=O) groups excluding carboxylic acids is 1. The molecule has 2 rings (SSSR count). The molecule has 152 valence electrons. The van der Waals surface area contributed by atoms with Crippen molar-refractivity contribution < 1.29 is 26.4 Å². The first-order valence-electron chi connectivity index (χ1n) is 8.00. The van der Waals surface area contributed by atoms with Gasteiger partial charge in [0.2, 0.25) is 15.9 Å². The van der Waals surface area contributed by atoms with Crippen LogP contribution in [0.5, 0.6) is 0 Å². The van der Waals surface area contributed by atoms with Gasteiger partial charge < -0.3 is 5.32 Å². The van der Waals surface area contributed by atoms with Crippen molar-refractivity contribution in [2.45, 2.75) is 20.0 Å². The van der Waals surface area contributed by atoms with E-state index in [1.807, 2.05) is 6.07 Å². The third kappa shape index (κ3) is 5.62. The number of anilines is 2. The lowest BCUT2D eigenvalue weighted by Gasteiger charge is -2.23. The predicted molar refractivity (Wildman–Crippen MR) is 103 cm³/mol. The van der Waals surface area contributed by atoms with Crippen molar-refractivity contribution in [2.24, 2.45) is 0 Å². The largest absolute Gasteiger partial charge is 0.416 e. The van der Waals surface area contributed by atoms with Crippen LogP contribution in [-0.2, 0) is 21.0 Å². The van der Waals surface area contributed by atoms with E-state index in [1.165, 1.54) is 0 Å². The summed E-state index contributed by atoms with van der Waals surface area (Å²) in [5.74, 6) is -0.828. The Bertz CT molecular complexity index is 987.